The summed E-state index contributed by atoms with van der Waals surface area (Å²) in [7, 11) is 0. The van der Waals surface area contributed by atoms with Crippen molar-refractivity contribution in [3.8, 4) is 0 Å². The largest absolute Gasteiger partial charge is 0.360 e. The molecule has 3 aromatic rings. The zero-order chi connectivity index (χ0) is 16.2. The van der Waals surface area contributed by atoms with Gasteiger partial charge in [0.25, 0.3) is 5.91 Å². The smallest absolute Gasteiger partial charge is 0.277 e. The van der Waals surface area contributed by atoms with Gasteiger partial charge in [-0.05, 0) is 47.1 Å². The van der Waals surface area contributed by atoms with Gasteiger partial charge in [-0.25, -0.2) is 0 Å². The van der Waals surface area contributed by atoms with Gasteiger partial charge in [0.1, 0.15) is 5.76 Å². The summed E-state index contributed by atoms with van der Waals surface area (Å²) in [4.78, 5) is 12.0. The van der Waals surface area contributed by atoms with Crippen molar-refractivity contribution < 1.29 is 9.32 Å². The second-order valence-corrected chi connectivity index (χ2v) is 5.54. The monoisotopic (exact) mass is 373 g/mol. The van der Waals surface area contributed by atoms with Gasteiger partial charge in [0.2, 0.25) is 0 Å². The average molecular weight is 374 g/mol. The maximum absolute atomic E-state index is 12.0. The van der Waals surface area contributed by atoms with Gasteiger partial charge < -0.3 is 15.2 Å². The minimum atomic E-state index is -0.404. The Labute approximate surface area is 140 Å². The lowest BCUT2D eigenvalue weighted by Gasteiger charge is -2.07. The first-order valence-electron chi connectivity index (χ1n) is 6.72. The molecule has 2 heterocycles. The van der Waals surface area contributed by atoms with E-state index in [-0.39, 0.29) is 5.69 Å². The highest BCUT2D eigenvalue weighted by Gasteiger charge is 2.11. The summed E-state index contributed by atoms with van der Waals surface area (Å²) in [5, 5.41) is 17.3. The summed E-state index contributed by atoms with van der Waals surface area (Å²) in [5.41, 5.74) is 1.04. The molecule has 3 rings (SSSR count). The molecule has 1 aromatic carbocycles. The van der Waals surface area contributed by atoms with Crippen molar-refractivity contribution in [1.82, 2.24) is 15.4 Å². The van der Waals surface area contributed by atoms with Crippen LogP contribution in [-0.4, -0.2) is 21.3 Å². The maximum atomic E-state index is 12.0. The SMILES string of the molecule is Cc1cc(NC(=O)c2ccc(Nc3ccccc3Br)nn2)no1. The lowest BCUT2D eigenvalue weighted by Crippen LogP contribution is -2.14. The number of carbonyl (C=O) groups is 1. The van der Waals surface area contributed by atoms with Crippen LogP contribution in [0.2, 0.25) is 0 Å². The van der Waals surface area contributed by atoms with Gasteiger partial charge in [0.05, 0.1) is 5.69 Å². The number of benzene rings is 1. The Morgan fingerprint density at radius 3 is 2.61 bits per heavy atom. The van der Waals surface area contributed by atoms with E-state index in [2.05, 4.69) is 41.9 Å². The third kappa shape index (κ3) is 3.72. The van der Waals surface area contributed by atoms with Crippen LogP contribution in [0.5, 0.6) is 0 Å². The number of amides is 1. The van der Waals surface area contributed by atoms with Crippen LogP contribution in [0.15, 0.2) is 51.5 Å². The molecule has 0 aliphatic carbocycles. The average Bonchev–Trinajstić information content (AvgIpc) is 2.95. The second-order valence-electron chi connectivity index (χ2n) is 4.69. The van der Waals surface area contributed by atoms with Crippen molar-refractivity contribution in [2.75, 3.05) is 10.6 Å². The Morgan fingerprint density at radius 2 is 1.96 bits per heavy atom. The number of nitrogens with zero attached hydrogens (tertiary/aromatic N) is 3. The minimum absolute atomic E-state index is 0.184. The van der Waals surface area contributed by atoms with Gasteiger partial charge in [-0.1, -0.05) is 17.3 Å². The summed E-state index contributed by atoms with van der Waals surface area (Å²) < 4.78 is 5.79. The van der Waals surface area contributed by atoms with Gasteiger partial charge >= 0.3 is 0 Å². The summed E-state index contributed by atoms with van der Waals surface area (Å²) in [6.07, 6.45) is 0. The van der Waals surface area contributed by atoms with E-state index in [9.17, 15) is 4.79 Å². The van der Waals surface area contributed by atoms with Gasteiger partial charge in [-0.3, -0.25) is 4.79 Å². The third-order valence-corrected chi connectivity index (χ3v) is 3.59. The van der Waals surface area contributed by atoms with E-state index in [0.717, 1.165) is 10.2 Å². The molecule has 0 saturated carbocycles. The molecule has 0 aliphatic rings. The number of hydrogen-bond donors (Lipinski definition) is 2. The van der Waals surface area contributed by atoms with Crippen molar-refractivity contribution in [3.05, 3.63) is 58.4 Å². The molecule has 7 nitrogen and oxygen atoms in total. The molecule has 0 bridgehead atoms. The molecule has 8 heteroatoms. The van der Waals surface area contributed by atoms with Crippen LogP contribution in [0.1, 0.15) is 16.2 Å². The summed E-state index contributed by atoms with van der Waals surface area (Å²) >= 11 is 3.44. The van der Waals surface area contributed by atoms with Crippen LogP contribution in [0.3, 0.4) is 0 Å². The van der Waals surface area contributed by atoms with Gasteiger partial charge in [-0.2, -0.15) is 0 Å². The molecule has 0 radical (unpaired) electrons. The van der Waals surface area contributed by atoms with E-state index in [1.807, 2.05) is 24.3 Å². The second kappa shape index (κ2) is 6.57. The van der Waals surface area contributed by atoms with Crippen molar-refractivity contribution in [2.24, 2.45) is 0 Å². The fourth-order valence-corrected chi connectivity index (χ4v) is 2.21. The van der Waals surface area contributed by atoms with Gasteiger partial charge in [0, 0.05) is 10.5 Å². The molecule has 116 valence electrons. The number of aryl methyl sites for hydroxylation is 1. The molecule has 0 unspecified atom stereocenters. The quantitative estimate of drug-likeness (QED) is 0.726. The Morgan fingerprint density at radius 1 is 1.13 bits per heavy atom. The zero-order valence-electron chi connectivity index (χ0n) is 12.1. The predicted octanol–water partition coefficient (Wildman–Crippen LogP) is 3.53. The van der Waals surface area contributed by atoms with E-state index in [4.69, 9.17) is 4.52 Å². The molecule has 0 atom stereocenters. The zero-order valence-corrected chi connectivity index (χ0v) is 13.7. The van der Waals surface area contributed by atoms with Crippen molar-refractivity contribution in [2.45, 2.75) is 6.92 Å². The van der Waals surface area contributed by atoms with Crippen LogP contribution >= 0.6 is 15.9 Å². The summed E-state index contributed by atoms with van der Waals surface area (Å²) in [6, 6.07) is 12.5. The number of anilines is 3. The van der Waals surface area contributed by atoms with Gasteiger partial charge in [-0.15, -0.1) is 10.2 Å². The highest BCUT2D eigenvalue weighted by atomic mass is 79.9. The molecule has 2 N–H and O–H groups in total. The lowest BCUT2D eigenvalue weighted by molar-refractivity contribution is 0.102. The molecule has 0 spiro atoms. The number of aromatic nitrogens is 3. The lowest BCUT2D eigenvalue weighted by atomic mass is 10.3. The number of nitrogens with one attached hydrogen (secondary N) is 2. The first kappa shape index (κ1) is 15.2. The molecular formula is C15H12BrN5O2. The first-order chi connectivity index (χ1) is 11.1. The van der Waals surface area contributed by atoms with E-state index < -0.39 is 5.91 Å². The Balaban J connectivity index is 1.69. The number of para-hydroxylation sites is 1. The van der Waals surface area contributed by atoms with Crippen LogP contribution in [0.4, 0.5) is 17.3 Å². The first-order valence-corrected chi connectivity index (χ1v) is 7.51. The van der Waals surface area contributed by atoms with E-state index in [0.29, 0.717) is 17.4 Å². The Kier molecular flexibility index (Phi) is 4.33. The molecular weight excluding hydrogens is 362 g/mol. The highest BCUT2D eigenvalue weighted by molar-refractivity contribution is 9.10. The molecule has 23 heavy (non-hydrogen) atoms. The predicted molar refractivity (Wildman–Crippen MR) is 88.6 cm³/mol. The standard InChI is InChI=1S/C15H12BrN5O2/c1-9-8-14(21-23-9)18-15(22)12-6-7-13(20-19-12)17-11-5-3-2-4-10(11)16/h2-8H,1H3,(H,17,20)(H,18,21,22). The van der Waals surface area contributed by atoms with Crippen molar-refractivity contribution in [1.29, 1.82) is 0 Å². The molecule has 0 aliphatic heterocycles. The molecule has 1 amide bonds. The highest BCUT2D eigenvalue weighted by Crippen LogP contribution is 2.24. The normalized spacial score (nSPS) is 10.3. The Hall–Kier alpha value is -2.74. The van der Waals surface area contributed by atoms with E-state index >= 15 is 0 Å². The minimum Gasteiger partial charge on any atom is -0.360 e. The third-order valence-electron chi connectivity index (χ3n) is 2.90. The van der Waals surface area contributed by atoms with Crippen molar-refractivity contribution >= 4 is 39.2 Å². The van der Waals surface area contributed by atoms with Gasteiger partial charge in [0.15, 0.2) is 17.3 Å². The van der Waals surface area contributed by atoms with E-state index in [1.165, 1.54) is 0 Å². The molecule has 0 saturated heterocycles. The molecule has 0 fully saturated rings. The number of halogens is 1. The molecule has 2 aromatic heterocycles. The van der Waals surface area contributed by atoms with Crippen LogP contribution in [-0.2, 0) is 0 Å². The van der Waals surface area contributed by atoms with Crippen LogP contribution in [0, 0.1) is 6.92 Å². The Bertz CT molecular complexity index is 832. The summed E-state index contributed by atoms with van der Waals surface area (Å²) in [6.45, 7) is 1.74. The number of rotatable bonds is 4. The van der Waals surface area contributed by atoms with E-state index in [1.54, 1.807) is 25.1 Å². The fraction of sp³-hybridized carbons (Fsp3) is 0.0667. The number of carbonyl (C=O) groups excluding carboxylic acids is 1. The van der Waals surface area contributed by atoms with Crippen molar-refractivity contribution in [3.63, 3.8) is 0 Å². The topological polar surface area (TPSA) is 92.9 Å². The van der Waals surface area contributed by atoms with Crippen LogP contribution < -0.4 is 10.6 Å². The van der Waals surface area contributed by atoms with Crippen LogP contribution in [0.25, 0.3) is 0 Å². The maximum Gasteiger partial charge on any atom is 0.277 e. The summed E-state index contributed by atoms with van der Waals surface area (Å²) in [5.74, 6) is 1.08. The fourth-order valence-electron chi connectivity index (χ4n) is 1.83. The number of hydrogen-bond acceptors (Lipinski definition) is 6.